The third kappa shape index (κ3) is 4.43. The van der Waals surface area contributed by atoms with Crippen LogP contribution in [0.3, 0.4) is 0 Å². The summed E-state index contributed by atoms with van der Waals surface area (Å²) in [5, 5.41) is 0. The molecule has 92 valence electrons. The van der Waals surface area contributed by atoms with Gasteiger partial charge in [0.05, 0.1) is 23.6 Å². The van der Waals surface area contributed by atoms with E-state index in [-0.39, 0.29) is 0 Å². The summed E-state index contributed by atoms with van der Waals surface area (Å²) >= 11 is 0. The Morgan fingerprint density at radius 3 is 1.27 bits per heavy atom. The van der Waals surface area contributed by atoms with Crippen LogP contribution in [0.1, 0.15) is 67.2 Å². The first-order valence-electron chi connectivity index (χ1n) is 6.87. The average molecular weight is 231 g/mol. The van der Waals surface area contributed by atoms with Crippen LogP contribution >= 0.6 is 7.26 Å². The van der Waals surface area contributed by atoms with Crippen molar-refractivity contribution in [3.8, 4) is 0 Å². The van der Waals surface area contributed by atoms with Gasteiger partial charge < -0.3 is 0 Å². The van der Waals surface area contributed by atoms with Gasteiger partial charge in [-0.05, 0) is 40.5 Å². The van der Waals surface area contributed by atoms with Crippen LogP contribution in [0.4, 0.5) is 0 Å². The minimum atomic E-state index is -0.673. The number of rotatable bonds is 8. The minimum Gasteiger partial charge on any atom is -0.0652 e. The Morgan fingerprint density at radius 1 is 0.733 bits per heavy atom. The predicted octanol–water partition coefficient (Wildman–Crippen LogP) is 5.42. The van der Waals surface area contributed by atoms with Crippen molar-refractivity contribution >= 4 is 7.26 Å². The molecule has 0 aromatic heterocycles. The molecule has 0 aliphatic carbocycles. The Balaban J connectivity index is 4.57. The highest BCUT2D eigenvalue weighted by Gasteiger charge is 2.42. The van der Waals surface area contributed by atoms with Gasteiger partial charge in [0.2, 0.25) is 0 Å². The standard InChI is InChI=1S/C14H32P/c1-7-9-11-15(13(3)4,14(5)6)12-10-8-2/h13-14H,7-12H2,1-6H3/q+1. The first-order chi connectivity index (χ1) is 7.01. The highest BCUT2D eigenvalue weighted by atomic mass is 31.2. The molecule has 0 saturated heterocycles. The molecule has 15 heavy (non-hydrogen) atoms. The normalized spacial score (nSPS) is 12.8. The highest BCUT2D eigenvalue weighted by Crippen LogP contribution is 2.67. The third-order valence-corrected chi connectivity index (χ3v) is 10.3. The van der Waals surface area contributed by atoms with Gasteiger partial charge in [0, 0.05) is 7.26 Å². The molecule has 0 unspecified atom stereocenters. The van der Waals surface area contributed by atoms with E-state index >= 15 is 0 Å². The topological polar surface area (TPSA) is 0 Å². The lowest BCUT2D eigenvalue weighted by molar-refractivity contribution is 0.825. The molecule has 1 heteroatoms. The van der Waals surface area contributed by atoms with E-state index in [9.17, 15) is 0 Å². The van der Waals surface area contributed by atoms with Crippen molar-refractivity contribution in [1.82, 2.24) is 0 Å². The number of hydrogen-bond acceptors (Lipinski definition) is 0. The lowest BCUT2D eigenvalue weighted by Crippen LogP contribution is -2.22. The molecule has 0 heterocycles. The molecular formula is C14H32P+. The molecule has 0 nitrogen and oxygen atoms in total. The lowest BCUT2D eigenvalue weighted by Gasteiger charge is -2.35. The zero-order chi connectivity index (χ0) is 11.9. The maximum atomic E-state index is 2.47. The lowest BCUT2D eigenvalue weighted by atomic mass is 10.4. The van der Waals surface area contributed by atoms with Gasteiger partial charge in [-0.25, -0.2) is 0 Å². The van der Waals surface area contributed by atoms with Crippen LogP contribution in [0, 0.1) is 0 Å². The first kappa shape index (κ1) is 15.4. The van der Waals surface area contributed by atoms with E-state index in [0.29, 0.717) is 0 Å². The van der Waals surface area contributed by atoms with Crippen molar-refractivity contribution in [3.63, 3.8) is 0 Å². The molecule has 0 N–H and O–H groups in total. The molecule has 0 rings (SSSR count). The summed E-state index contributed by atoms with van der Waals surface area (Å²) in [6.45, 7) is 14.5. The molecule has 0 radical (unpaired) electrons. The summed E-state index contributed by atoms with van der Waals surface area (Å²) in [7, 11) is -0.673. The Bertz CT molecular complexity index is 131. The van der Waals surface area contributed by atoms with E-state index in [4.69, 9.17) is 0 Å². The molecule has 0 saturated carbocycles. The summed E-state index contributed by atoms with van der Waals surface area (Å²) in [4.78, 5) is 0. The van der Waals surface area contributed by atoms with E-state index in [1.807, 2.05) is 0 Å². The maximum absolute atomic E-state index is 2.47. The zero-order valence-corrected chi connectivity index (χ0v) is 12.7. The molecule has 0 aliphatic heterocycles. The smallest absolute Gasteiger partial charge is 0.0644 e. The quantitative estimate of drug-likeness (QED) is 0.489. The van der Waals surface area contributed by atoms with Gasteiger partial charge in [-0.1, -0.05) is 26.7 Å². The molecule has 0 aliphatic rings. The van der Waals surface area contributed by atoms with Crippen molar-refractivity contribution in [3.05, 3.63) is 0 Å². The largest absolute Gasteiger partial charge is 0.0652 e. The van der Waals surface area contributed by atoms with Gasteiger partial charge in [-0.15, -0.1) is 0 Å². The second-order valence-electron chi connectivity index (χ2n) is 5.44. The molecule has 0 aromatic carbocycles. The summed E-state index contributed by atoms with van der Waals surface area (Å²) in [5.41, 5.74) is 1.88. The zero-order valence-electron chi connectivity index (χ0n) is 11.8. The first-order valence-corrected chi connectivity index (χ1v) is 9.17. The Labute approximate surface area is 98.6 Å². The molecule has 0 amide bonds. The van der Waals surface area contributed by atoms with Crippen LogP contribution in [0.15, 0.2) is 0 Å². The van der Waals surface area contributed by atoms with E-state index in [0.717, 1.165) is 11.3 Å². The summed E-state index contributed by atoms with van der Waals surface area (Å²) in [6, 6.07) is 0. The average Bonchev–Trinajstić information content (AvgIpc) is 2.17. The molecular weight excluding hydrogens is 199 g/mol. The highest BCUT2D eigenvalue weighted by molar-refractivity contribution is 7.77. The monoisotopic (exact) mass is 231 g/mol. The van der Waals surface area contributed by atoms with Crippen molar-refractivity contribution in [2.45, 2.75) is 78.5 Å². The third-order valence-electron chi connectivity index (χ3n) is 3.91. The van der Waals surface area contributed by atoms with Crippen molar-refractivity contribution in [1.29, 1.82) is 0 Å². The molecule has 0 bridgehead atoms. The Kier molecular flexibility index (Phi) is 7.88. The summed E-state index contributed by atoms with van der Waals surface area (Å²) in [5.74, 6) is 0. The van der Waals surface area contributed by atoms with Gasteiger partial charge in [0.1, 0.15) is 0 Å². The Morgan fingerprint density at radius 2 is 1.07 bits per heavy atom. The second-order valence-corrected chi connectivity index (χ2v) is 10.6. The van der Waals surface area contributed by atoms with Crippen LogP contribution < -0.4 is 0 Å². The molecule has 0 aromatic rings. The maximum Gasteiger partial charge on any atom is 0.0644 e. The van der Waals surface area contributed by atoms with Gasteiger partial charge in [-0.3, -0.25) is 0 Å². The van der Waals surface area contributed by atoms with Crippen molar-refractivity contribution in [2.75, 3.05) is 12.3 Å². The van der Waals surface area contributed by atoms with Crippen LogP contribution in [-0.2, 0) is 0 Å². The van der Waals surface area contributed by atoms with Crippen LogP contribution in [0.5, 0.6) is 0 Å². The second kappa shape index (κ2) is 7.66. The minimum absolute atomic E-state index is 0.673. The van der Waals surface area contributed by atoms with E-state index in [2.05, 4.69) is 41.5 Å². The predicted molar refractivity (Wildman–Crippen MR) is 76.7 cm³/mol. The number of unbranched alkanes of at least 4 members (excludes halogenated alkanes) is 2. The van der Waals surface area contributed by atoms with Gasteiger partial charge in [-0.2, -0.15) is 0 Å². The van der Waals surface area contributed by atoms with E-state index in [1.165, 1.54) is 25.7 Å². The summed E-state index contributed by atoms with van der Waals surface area (Å²) in [6.07, 6.45) is 8.72. The molecule has 0 atom stereocenters. The fraction of sp³-hybridized carbons (Fsp3) is 1.00. The van der Waals surface area contributed by atoms with Gasteiger partial charge >= 0.3 is 0 Å². The number of hydrogen-bond donors (Lipinski definition) is 0. The Hall–Kier alpha value is 0.430. The molecule has 0 fully saturated rings. The van der Waals surface area contributed by atoms with Crippen molar-refractivity contribution < 1.29 is 0 Å². The summed E-state index contributed by atoms with van der Waals surface area (Å²) < 4.78 is 0. The SMILES string of the molecule is CCCC[P+](CCCC)(C(C)C)C(C)C. The van der Waals surface area contributed by atoms with Crippen LogP contribution in [0.25, 0.3) is 0 Å². The van der Waals surface area contributed by atoms with E-state index in [1.54, 1.807) is 12.3 Å². The fourth-order valence-electron chi connectivity index (χ4n) is 2.65. The van der Waals surface area contributed by atoms with Crippen molar-refractivity contribution in [2.24, 2.45) is 0 Å². The van der Waals surface area contributed by atoms with Crippen LogP contribution in [-0.4, -0.2) is 23.6 Å². The van der Waals surface area contributed by atoms with Crippen LogP contribution in [0.2, 0.25) is 0 Å². The van der Waals surface area contributed by atoms with Gasteiger partial charge in [0.25, 0.3) is 0 Å². The fourth-order valence-corrected chi connectivity index (χ4v) is 7.94. The molecule has 0 spiro atoms. The van der Waals surface area contributed by atoms with E-state index < -0.39 is 7.26 Å². The van der Waals surface area contributed by atoms with Gasteiger partial charge in [0.15, 0.2) is 0 Å².